The number of benzene rings is 1. The van der Waals surface area contributed by atoms with Crippen molar-refractivity contribution in [2.24, 2.45) is 10.2 Å². The van der Waals surface area contributed by atoms with Gasteiger partial charge in [-0.3, -0.25) is 23.7 Å². The molecule has 0 bridgehead atoms. The number of fused-ring (bicyclic) bond motifs is 1. The number of aromatic nitrogens is 4. The number of aryl methyl sites for hydroxylation is 1. The molecule has 4 rings (SSSR count). The molecule has 1 aromatic carbocycles. The number of H-pyrrole nitrogens is 1. The molecule has 194 valence electrons. The molecule has 0 saturated carbocycles. The minimum Gasteiger partial charge on any atom is -0.463 e. The summed E-state index contributed by atoms with van der Waals surface area (Å²) in [7, 11) is 0. The van der Waals surface area contributed by atoms with Gasteiger partial charge in [0.2, 0.25) is 0 Å². The Morgan fingerprint density at radius 3 is 2.32 bits per heavy atom. The largest absolute Gasteiger partial charge is 0.463 e. The summed E-state index contributed by atoms with van der Waals surface area (Å²) >= 11 is 0. The van der Waals surface area contributed by atoms with Crippen molar-refractivity contribution >= 4 is 40.7 Å². The standard InChI is InChI=1S/C23H24N6O8/c1-11-24-20-17(21(33)25-11)26-23(28-27-15-8-6-5-7-9-15)29(20)22-19(36-14(4)32)18(35-13(3)31)16(37-22)10-34-12(2)30/h5-9,16,18-19,22H,10H2,1-4H3,(H,24,25,33)/t16-,18?,19+,22-/m1/s1. The maximum Gasteiger partial charge on any atom is 0.303 e. The van der Waals surface area contributed by atoms with Gasteiger partial charge in [-0.25, -0.2) is 9.97 Å². The maximum absolute atomic E-state index is 12.7. The molecule has 14 heteroatoms. The van der Waals surface area contributed by atoms with Crippen LogP contribution in [0.3, 0.4) is 0 Å². The van der Waals surface area contributed by atoms with Crippen LogP contribution in [-0.2, 0) is 33.3 Å². The number of aromatic amines is 1. The van der Waals surface area contributed by atoms with Crippen molar-refractivity contribution in [2.75, 3.05) is 6.61 Å². The van der Waals surface area contributed by atoms with E-state index in [0.717, 1.165) is 0 Å². The van der Waals surface area contributed by atoms with Gasteiger partial charge in [0.25, 0.3) is 11.5 Å². The van der Waals surface area contributed by atoms with Crippen LogP contribution >= 0.6 is 0 Å². The molecule has 1 saturated heterocycles. The molecule has 0 aliphatic carbocycles. The zero-order valence-electron chi connectivity index (χ0n) is 20.4. The van der Waals surface area contributed by atoms with E-state index >= 15 is 0 Å². The first-order valence-corrected chi connectivity index (χ1v) is 11.2. The Morgan fingerprint density at radius 2 is 1.68 bits per heavy atom. The van der Waals surface area contributed by atoms with E-state index < -0.39 is 48.0 Å². The van der Waals surface area contributed by atoms with Crippen LogP contribution < -0.4 is 5.56 Å². The number of ether oxygens (including phenoxy) is 4. The van der Waals surface area contributed by atoms with E-state index in [0.29, 0.717) is 5.69 Å². The molecule has 4 atom stereocenters. The molecule has 0 amide bonds. The number of nitrogens with zero attached hydrogens (tertiary/aromatic N) is 5. The first kappa shape index (κ1) is 25.6. The molecule has 14 nitrogen and oxygen atoms in total. The van der Waals surface area contributed by atoms with Crippen LogP contribution in [0, 0.1) is 6.92 Å². The molecular formula is C23H24N6O8. The van der Waals surface area contributed by atoms with Gasteiger partial charge in [-0.2, -0.15) is 0 Å². The average Bonchev–Trinajstić information content (AvgIpc) is 3.34. The van der Waals surface area contributed by atoms with Crippen molar-refractivity contribution in [3.8, 4) is 0 Å². The topological polar surface area (TPSA) is 176 Å². The van der Waals surface area contributed by atoms with Gasteiger partial charge in [-0.05, 0) is 19.1 Å². The van der Waals surface area contributed by atoms with Crippen molar-refractivity contribution in [2.45, 2.75) is 52.2 Å². The van der Waals surface area contributed by atoms with Crippen molar-refractivity contribution in [1.82, 2.24) is 19.5 Å². The van der Waals surface area contributed by atoms with Crippen LogP contribution in [0.1, 0.15) is 32.8 Å². The lowest BCUT2D eigenvalue weighted by atomic mass is 10.1. The highest BCUT2D eigenvalue weighted by Gasteiger charge is 2.51. The second-order valence-electron chi connectivity index (χ2n) is 8.16. The fourth-order valence-corrected chi connectivity index (χ4v) is 3.88. The van der Waals surface area contributed by atoms with Crippen molar-refractivity contribution in [1.29, 1.82) is 0 Å². The van der Waals surface area contributed by atoms with Gasteiger partial charge < -0.3 is 23.9 Å². The monoisotopic (exact) mass is 512 g/mol. The Hall–Kier alpha value is -4.46. The quantitative estimate of drug-likeness (QED) is 0.280. The van der Waals surface area contributed by atoms with Crippen LogP contribution in [0.4, 0.5) is 11.6 Å². The van der Waals surface area contributed by atoms with E-state index in [9.17, 15) is 19.2 Å². The molecule has 3 aromatic rings. The molecular weight excluding hydrogens is 488 g/mol. The maximum atomic E-state index is 12.7. The van der Waals surface area contributed by atoms with E-state index in [4.69, 9.17) is 18.9 Å². The summed E-state index contributed by atoms with van der Waals surface area (Å²) in [6.45, 7) is 4.84. The third kappa shape index (κ3) is 5.69. The minimum atomic E-state index is -1.23. The predicted molar refractivity (Wildman–Crippen MR) is 125 cm³/mol. The summed E-state index contributed by atoms with van der Waals surface area (Å²) < 4.78 is 23.4. The van der Waals surface area contributed by atoms with E-state index in [1.807, 2.05) is 6.07 Å². The Kier molecular flexibility index (Phi) is 7.38. The Bertz CT molecular complexity index is 1420. The summed E-state index contributed by atoms with van der Waals surface area (Å²) in [5, 5.41) is 8.37. The molecule has 3 heterocycles. The molecule has 0 radical (unpaired) electrons. The van der Waals surface area contributed by atoms with Gasteiger partial charge in [0.05, 0.1) is 5.69 Å². The van der Waals surface area contributed by atoms with Crippen molar-refractivity contribution in [3.05, 3.63) is 46.5 Å². The first-order valence-electron chi connectivity index (χ1n) is 11.2. The zero-order chi connectivity index (χ0) is 26.7. The van der Waals surface area contributed by atoms with Gasteiger partial charge >= 0.3 is 17.9 Å². The minimum absolute atomic E-state index is 0.0646. The zero-order valence-corrected chi connectivity index (χ0v) is 20.4. The van der Waals surface area contributed by atoms with E-state index in [2.05, 4.69) is 25.2 Å². The summed E-state index contributed by atoms with van der Waals surface area (Å²) in [6, 6.07) is 8.78. The third-order valence-electron chi connectivity index (χ3n) is 5.26. The first-order chi connectivity index (χ1) is 17.6. The Balaban J connectivity index is 1.88. The van der Waals surface area contributed by atoms with Crippen LogP contribution in [-0.4, -0.2) is 62.3 Å². The molecule has 1 aliphatic rings. The second-order valence-corrected chi connectivity index (χ2v) is 8.16. The van der Waals surface area contributed by atoms with Gasteiger partial charge in [-0.1, -0.05) is 18.2 Å². The highest BCUT2D eigenvalue weighted by Crippen LogP contribution is 2.38. The van der Waals surface area contributed by atoms with Crippen molar-refractivity contribution in [3.63, 3.8) is 0 Å². The molecule has 0 spiro atoms. The van der Waals surface area contributed by atoms with Crippen molar-refractivity contribution < 1.29 is 33.3 Å². The average molecular weight is 512 g/mol. The van der Waals surface area contributed by atoms with Gasteiger partial charge in [-0.15, -0.1) is 10.2 Å². The number of esters is 3. The van der Waals surface area contributed by atoms with E-state index in [-0.39, 0.29) is 29.5 Å². The van der Waals surface area contributed by atoms with Crippen LogP contribution in [0.2, 0.25) is 0 Å². The summed E-state index contributed by atoms with van der Waals surface area (Å²) in [6.07, 6.45) is -4.64. The molecule has 1 fully saturated rings. The lowest BCUT2D eigenvalue weighted by Gasteiger charge is -2.24. The molecule has 1 unspecified atom stereocenters. The van der Waals surface area contributed by atoms with Crippen LogP contribution in [0.25, 0.3) is 11.2 Å². The highest BCUT2D eigenvalue weighted by atomic mass is 16.7. The van der Waals surface area contributed by atoms with Crippen LogP contribution in [0.5, 0.6) is 0 Å². The lowest BCUT2D eigenvalue weighted by Crippen LogP contribution is -2.40. The fourth-order valence-electron chi connectivity index (χ4n) is 3.88. The highest BCUT2D eigenvalue weighted by molar-refractivity contribution is 5.73. The van der Waals surface area contributed by atoms with E-state index in [1.165, 1.54) is 25.3 Å². The summed E-state index contributed by atoms with van der Waals surface area (Å²) in [4.78, 5) is 59.3. The van der Waals surface area contributed by atoms with E-state index in [1.54, 1.807) is 31.2 Å². The SMILES string of the molecule is CC(=O)OC[C@H]1O[C@@H](n2c(N=Nc3ccccc3)nc3c(=O)[nH]c(C)nc32)[C@@H](OC(C)=O)C1OC(C)=O. The number of azo groups is 1. The Labute approximate surface area is 209 Å². The van der Waals surface area contributed by atoms with Gasteiger partial charge in [0.15, 0.2) is 29.6 Å². The predicted octanol–water partition coefficient (Wildman–Crippen LogP) is 2.17. The summed E-state index contributed by atoms with van der Waals surface area (Å²) in [5.41, 5.74) is -0.0219. The third-order valence-corrected chi connectivity index (χ3v) is 5.26. The lowest BCUT2D eigenvalue weighted by molar-refractivity contribution is -0.166. The van der Waals surface area contributed by atoms with Gasteiger partial charge in [0, 0.05) is 20.8 Å². The number of nitrogens with one attached hydrogen (secondary N) is 1. The molecule has 1 N–H and O–H groups in total. The van der Waals surface area contributed by atoms with Crippen LogP contribution in [0.15, 0.2) is 45.4 Å². The molecule has 1 aliphatic heterocycles. The number of rotatable bonds is 7. The van der Waals surface area contributed by atoms with Gasteiger partial charge in [0.1, 0.15) is 18.5 Å². The number of carbonyl (C=O) groups is 3. The number of hydrogen-bond acceptors (Lipinski definition) is 12. The number of hydrogen-bond donors (Lipinski definition) is 1. The second kappa shape index (κ2) is 10.7. The Morgan fingerprint density at radius 1 is 1.00 bits per heavy atom. The smallest absolute Gasteiger partial charge is 0.303 e. The fraction of sp³-hybridized carbons (Fsp3) is 0.391. The molecule has 2 aromatic heterocycles. The molecule has 37 heavy (non-hydrogen) atoms. The number of carbonyl (C=O) groups excluding carboxylic acids is 3. The number of imidazole rings is 1. The normalized spacial score (nSPS) is 21.3. The summed E-state index contributed by atoms with van der Waals surface area (Å²) in [5.74, 6) is -1.77.